The molecule has 0 radical (unpaired) electrons. The summed E-state index contributed by atoms with van der Waals surface area (Å²) in [4.78, 5) is 0. The van der Waals surface area contributed by atoms with Crippen LogP contribution in [0.1, 0.15) is 22.3 Å². The Morgan fingerprint density at radius 1 is 0.358 bits per heavy atom. The smallest absolute Gasteiger partial charge is 0.120 e. The van der Waals surface area contributed by atoms with Crippen molar-refractivity contribution in [2.75, 3.05) is 26.4 Å². The lowest BCUT2D eigenvalue weighted by atomic mass is 9.70. The molecule has 0 unspecified atom stereocenters. The molecule has 256 valence electrons. The number of benzene rings is 8. The third-order valence-corrected chi connectivity index (χ3v) is 11.1. The molecule has 0 fully saturated rings. The van der Waals surface area contributed by atoms with Crippen LogP contribution < -0.4 is 9.47 Å². The average Bonchev–Trinajstić information content (AvgIpc) is 3.68. The average molecular weight is 689 g/mol. The Labute approximate surface area is 308 Å². The minimum atomic E-state index is -0.477. The molecule has 8 aromatic carbocycles. The molecule has 10 rings (SSSR count). The van der Waals surface area contributed by atoms with Gasteiger partial charge in [-0.25, -0.2) is 0 Å². The van der Waals surface area contributed by atoms with Crippen LogP contribution in [-0.4, -0.2) is 36.6 Å². The summed E-state index contributed by atoms with van der Waals surface area (Å²) >= 11 is 0. The predicted octanol–water partition coefficient (Wildman–Crippen LogP) is 10.4. The van der Waals surface area contributed by atoms with Crippen LogP contribution in [0.2, 0.25) is 0 Å². The van der Waals surface area contributed by atoms with Gasteiger partial charge in [-0.1, -0.05) is 109 Å². The van der Waals surface area contributed by atoms with E-state index < -0.39 is 5.41 Å². The number of aliphatic hydroxyl groups is 2. The van der Waals surface area contributed by atoms with E-state index in [2.05, 4.69) is 133 Å². The fraction of sp³-hybridized carbons (Fsp3) is 0.102. The molecular formula is C49H36O4. The molecule has 0 heterocycles. The Morgan fingerprint density at radius 3 is 1.21 bits per heavy atom. The van der Waals surface area contributed by atoms with Gasteiger partial charge in [-0.3, -0.25) is 0 Å². The van der Waals surface area contributed by atoms with Crippen molar-refractivity contribution in [1.29, 1.82) is 0 Å². The molecule has 0 aromatic heterocycles. The van der Waals surface area contributed by atoms with Crippen molar-refractivity contribution >= 4 is 21.5 Å². The van der Waals surface area contributed by atoms with Crippen molar-refractivity contribution in [2.45, 2.75) is 5.41 Å². The molecule has 2 N–H and O–H groups in total. The molecule has 2 aliphatic rings. The monoisotopic (exact) mass is 688 g/mol. The highest BCUT2D eigenvalue weighted by atomic mass is 16.5. The molecule has 0 aliphatic heterocycles. The Morgan fingerprint density at radius 2 is 0.736 bits per heavy atom. The first-order valence-corrected chi connectivity index (χ1v) is 18.2. The summed E-state index contributed by atoms with van der Waals surface area (Å²) in [6.45, 7) is 0.541. The van der Waals surface area contributed by atoms with Crippen molar-refractivity contribution in [1.82, 2.24) is 0 Å². The van der Waals surface area contributed by atoms with Crippen LogP contribution in [0.25, 0.3) is 66.1 Å². The van der Waals surface area contributed by atoms with E-state index in [1.165, 1.54) is 55.6 Å². The van der Waals surface area contributed by atoms with Gasteiger partial charge in [-0.15, -0.1) is 0 Å². The third kappa shape index (κ3) is 4.91. The number of fused-ring (bicyclic) bond motifs is 12. The molecular weight excluding hydrogens is 653 g/mol. The molecule has 0 bridgehead atoms. The van der Waals surface area contributed by atoms with Gasteiger partial charge in [-0.2, -0.15) is 0 Å². The van der Waals surface area contributed by atoms with E-state index in [0.29, 0.717) is 0 Å². The summed E-state index contributed by atoms with van der Waals surface area (Å²) in [5, 5.41) is 22.9. The van der Waals surface area contributed by atoms with E-state index in [4.69, 9.17) is 9.47 Å². The van der Waals surface area contributed by atoms with Crippen LogP contribution in [0, 0.1) is 0 Å². The standard InChI is InChI=1S/C49H36O4/c50-21-23-52-39-17-13-33-25-31(9-11-35(33)27-39)37-15-19-43-41-5-1-3-7-45(41)49(47(43)29-37)46-8-4-2-6-42(46)44-20-16-38(30-48(44)49)32-10-12-36-28-40(53-24-22-51)18-14-34(36)26-32/h1-20,25-30,50-51H,21-24H2. The second-order valence-corrected chi connectivity index (χ2v) is 14.0. The van der Waals surface area contributed by atoms with Gasteiger partial charge in [0.1, 0.15) is 24.7 Å². The van der Waals surface area contributed by atoms with Crippen LogP contribution in [-0.2, 0) is 5.41 Å². The van der Waals surface area contributed by atoms with Crippen molar-refractivity contribution < 1.29 is 19.7 Å². The van der Waals surface area contributed by atoms with E-state index in [1.54, 1.807) is 0 Å². The minimum Gasteiger partial charge on any atom is -0.491 e. The zero-order valence-corrected chi connectivity index (χ0v) is 29.1. The van der Waals surface area contributed by atoms with Gasteiger partial charge in [0.05, 0.1) is 18.6 Å². The highest BCUT2D eigenvalue weighted by Crippen LogP contribution is 2.63. The first-order chi connectivity index (χ1) is 26.1. The number of aliphatic hydroxyl groups excluding tert-OH is 2. The Kier molecular flexibility index (Phi) is 7.43. The summed E-state index contributed by atoms with van der Waals surface area (Å²) in [5.74, 6) is 1.52. The summed E-state index contributed by atoms with van der Waals surface area (Å²) in [7, 11) is 0. The van der Waals surface area contributed by atoms with Crippen molar-refractivity contribution in [3.8, 4) is 56.0 Å². The zero-order chi connectivity index (χ0) is 35.5. The van der Waals surface area contributed by atoms with Crippen LogP contribution in [0.3, 0.4) is 0 Å². The first kappa shape index (κ1) is 31.5. The first-order valence-electron chi connectivity index (χ1n) is 18.2. The van der Waals surface area contributed by atoms with Crippen molar-refractivity contribution in [2.24, 2.45) is 0 Å². The maximum absolute atomic E-state index is 9.21. The summed E-state index contributed by atoms with van der Waals surface area (Å²) in [6, 6.07) is 57.4. The second-order valence-electron chi connectivity index (χ2n) is 14.0. The van der Waals surface area contributed by atoms with Crippen LogP contribution in [0.5, 0.6) is 11.5 Å². The number of hydrogen-bond donors (Lipinski definition) is 2. The van der Waals surface area contributed by atoms with Crippen molar-refractivity contribution in [3.63, 3.8) is 0 Å². The van der Waals surface area contributed by atoms with Gasteiger partial charge < -0.3 is 19.7 Å². The largest absolute Gasteiger partial charge is 0.491 e. The van der Waals surface area contributed by atoms with E-state index in [1.807, 2.05) is 24.3 Å². The Bertz CT molecular complexity index is 2540. The summed E-state index contributed by atoms with van der Waals surface area (Å²) in [6.07, 6.45) is 0. The number of hydrogen-bond acceptors (Lipinski definition) is 4. The van der Waals surface area contributed by atoms with Crippen LogP contribution in [0.15, 0.2) is 158 Å². The number of rotatable bonds is 8. The molecule has 53 heavy (non-hydrogen) atoms. The molecule has 0 amide bonds. The molecule has 4 nitrogen and oxygen atoms in total. The summed E-state index contributed by atoms with van der Waals surface area (Å²) < 4.78 is 11.4. The topological polar surface area (TPSA) is 58.9 Å². The van der Waals surface area contributed by atoms with Crippen molar-refractivity contribution in [3.05, 3.63) is 180 Å². The lowest BCUT2D eigenvalue weighted by Crippen LogP contribution is -2.26. The molecule has 0 atom stereocenters. The molecule has 1 spiro atoms. The van der Waals surface area contributed by atoms with E-state index >= 15 is 0 Å². The van der Waals surface area contributed by atoms with Crippen LogP contribution in [0.4, 0.5) is 0 Å². The normalized spacial score (nSPS) is 13.2. The van der Waals surface area contributed by atoms with E-state index in [9.17, 15) is 10.2 Å². The Balaban J connectivity index is 1.14. The fourth-order valence-corrected chi connectivity index (χ4v) is 8.81. The SMILES string of the molecule is OCCOc1ccc2cc(-c3ccc4c(c3)C3(c5ccccc5-4)c4ccccc4-c4ccc(-c5ccc6cc(OCCO)ccc6c5)cc43)ccc2c1. The molecule has 8 aromatic rings. The van der Waals surface area contributed by atoms with E-state index in [0.717, 1.165) is 44.2 Å². The maximum Gasteiger partial charge on any atom is 0.120 e. The third-order valence-electron chi connectivity index (χ3n) is 11.1. The predicted molar refractivity (Wildman–Crippen MR) is 214 cm³/mol. The highest BCUT2D eigenvalue weighted by molar-refractivity contribution is 5.98. The molecule has 4 heteroatoms. The minimum absolute atomic E-state index is 0.00939. The fourth-order valence-electron chi connectivity index (χ4n) is 8.81. The lowest BCUT2D eigenvalue weighted by Gasteiger charge is -2.31. The van der Waals surface area contributed by atoms with Gasteiger partial charge >= 0.3 is 0 Å². The maximum atomic E-state index is 9.21. The van der Waals surface area contributed by atoms with E-state index in [-0.39, 0.29) is 26.4 Å². The lowest BCUT2D eigenvalue weighted by molar-refractivity contribution is 0.201. The molecule has 0 saturated heterocycles. The quantitative estimate of drug-likeness (QED) is 0.167. The van der Waals surface area contributed by atoms with Gasteiger partial charge in [0, 0.05) is 0 Å². The summed E-state index contributed by atoms with van der Waals surface area (Å²) in [5.41, 5.74) is 14.6. The zero-order valence-electron chi connectivity index (χ0n) is 29.1. The van der Waals surface area contributed by atoms with Gasteiger partial charge in [0.2, 0.25) is 0 Å². The molecule has 0 saturated carbocycles. The second kappa shape index (κ2) is 12.5. The Hall–Kier alpha value is -6.20. The van der Waals surface area contributed by atoms with Gasteiger partial charge in [-0.05, 0) is 137 Å². The number of ether oxygens (including phenoxy) is 2. The van der Waals surface area contributed by atoms with Gasteiger partial charge in [0.25, 0.3) is 0 Å². The molecule has 2 aliphatic carbocycles. The highest BCUT2D eigenvalue weighted by Gasteiger charge is 2.51. The van der Waals surface area contributed by atoms with Gasteiger partial charge in [0.15, 0.2) is 0 Å². The van der Waals surface area contributed by atoms with Crippen LogP contribution >= 0.6 is 0 Å².